The maximum Gasteiger partial charge on any atom is 0.250 e. The molecule has 0 spiro atoms. The second kappa shape index (κ2) is 7.45. The van der Waals surface area contributed by atoms with Crippen molar-refractivity contribution in [1.29, 1.82) is 0 Å². The van der Waals surface area contributed by atoms with Crippen molar-refractivity contribution < 1.29 is 9.59 Å². The first-order valence-corrected chi connectivity index (χ1v) is 8.29. The van der Waals surface area contributed by atoms with Crippen LogP contribution in [0.3, 0.4) is 0 Å². The summed E-state index contributed by atoms with van der Waals surface area (Å²) in [4.78, 5) is 24.9. The van der Waals surface area contributed by atoms with Gasteiger partial charge in [0.2, 0.25) is 5.82 Å². The molecule has 0 saturated heterocycles. The molecule has 132 valence electrons. The van der Waals surface area contributed by atoms with Crippen LogP contribution in [0.2, 0.25) is 5.02 Å². The smallest absolute Gasteiger partial charge is 0.250 e. The predicted molar refractivity (Wildman–Crippen MR) is 98.1 cm³/mol. The first kappa shape index (κ1) is 17.8. The van der Waals surface area contributed by atoms with Gasteiger partial charge >= 0.3 is 0 Å². The Morgan fingerprint density at radius 1 is 1.08 bits per heavy atom. The van der Waals surface area contributed by atoms with Crippen molar-refractivity contribution in [2.24, 2.45) is 0 Å². The number of nitrogens with one attached hydrogen (secondary N) is 1. The normalized spacial score (nSPS) is 11.8. The van der Waals surface area contributed by atoms with Crippen molar-refractivity contribution in [3.8, 4) is 11.4 Å². The molecule has 1 N–H and O–H groups in total. The Kier molecular flexibility index (Phi) is 5.09. The number of amides is 1. The van der Waals surface area contributed by atoms with Crippen molar-refractivity contribution in [3.05, 3.63) is 59.1 Å². The average molecular weight is 370 g/mol. The van der Waals surface area contributed by atoms with Crippen LogP contribution in [-0.4, -0.2) is 31.9 Å². The lowest BCUT2D eigenvalue weighted by Gasteiger charge is -2.11. The topological polar surface area (TPSA) is 89.8 Å². The zero-order valence-corrected chi connectivity index (χ0v) is 14.9. The monoisotopic (exact) mass is 369 g/mol. The van der Waals surface area contributed by atoms with Gasteiger partial charge in [0.15, 0.2) is 5.78 Å². The number of carbonyl (C=O) groups excluding carboxylic acids is 2. The van der Waals surface area contributed by atoms with Gasteiger partial charge in [-0.2, -0.15) is 4.80 Å². The SMILES string of the molecule is CC(=O)c1ccc(NC(=O)C(C)n2nnc(-c3ccc(Cl)cc3)n2)cc1. The van der Waals surface area contributed by atoms with Gasteiger partial charge in [0, 0.05) is 21.8 Å². The summed E-state index contributed by atoms with van der Waals surface area (Å²) in [6.07, 6.45) is 0. The van der Waals surface area contributed by atoms with E-state index in [-0.39, 0.29) is 11.7 Å². The number of hydrogen-bond donors (Lipinski definition) is 1. The van der Waals surface area contributed by atoms with E-state index in [2.05, 4.69) is 20.7 Å². The summed E-state index contributed by atoms with van der Waals surface area (Å²) >= 11 is 5.87. The van der Waals surface area contributed by atoms with Crippen molar-refractivity contribution >= 4 is 29.0 Å². The van der Waals surface area contributed by atoms with E-state index < -0.39 is 6.04 Å². The summed E-state index contributed by atoms with van der Waals surface area (Å²) in [5, 5.41) is 15.6. The van der Waals surface area contributed by atoms with Gasteiger partial charge in [-0.05, 0) is 67.6 Å². The Balaban J connectivity index is 1.70. The Hall–Kier alpha value is -3.06. The number of nitrogens with zero attached hydrogens (tertiary/aromatic N) is 4. The second-order valence-corrected chi connectivity index (χ2v) is 6.18. The molecule has 1 unspecified atom stereocenters. The molecule has 1 amide bonds. The maximum atomic E-state index is 12.4. The highest BCUT2D eigenvalue weighted by Gasteiger charge is 2.19. The molecule has 0 radical (unpaired) electrons. The Morgan fingerprint density at radius 2 is 1.73 bits per heavy atom. The second-order valence-electron chi connectivity index (χ2n) is 5.74. The third kappa shape index (κ3) is 3.94. The van der Waals surface area contributed by atoms with E-state index in [9.17, 15) is 9.59 Å². The van der Waals surface area contributed by atoms with Crippen molar-refractivity contribution in [1.82, 2.24) is 20.2 Å². The zero-order valence-electron chi connectivity index (χ0n) is 14.2. The lowest BCUT2D eigenvalue weighted by atomic mass is 10.1. The molecule has 1 heterocycles. The quantitative estimate of drug-likeness (QED) is 0.696. The molecule has 8 heteroatoms. The van der Waals surface area contributed by atoms with Crippen LogP contribution < -0.4 is 5.32 Å². The molecule has 2 aromatic carbocycles. The maximum absolute atomic E-state index is 12.4. The number of aromatic nitrogens is 4. The zero-order chi connectivity index (χ0) is 18.7. The molecule has 0 bridgehead atoms. The van der Waals surface area contributed by atoms with E-state index in [4.69, 9.17) is 11.6 Å². The number of benzene rings is 2. The molecule has 0 saturated carbocycles. The van der Waals surface area contributed by atoms with Crippen LogP contribution in [0.1, 0.15) is 30.2 Å². The van der Waals surface area contributed by atoms with Crippen LogP contribution in [0.5, 0.6) is 0 Å². The number of tetrazole rings is 1. The van der Waals surface area contributed by atoms with E-state index in [1.165, 1.54) is 11.7 Å². The fraction of sp³-hybridized carbons (Fsp3) is 0.167. The summed E-state index contributed by atoms with van der Waals surface area (Å²) in [6, 6.07) is 13.1. The minimum absolute atomic E-state index is 0.0298. The fourth-order valence-electron chi connectivity index (χ4n) is 2.24. The number of ketones is 1. The Morgan fingerprint density at radius 3 is 2.35 bits per heavy atom. The van der Waals surface area contributed by atoms with Crippen molar-refractivity contribution in [2.75, 3.05) is 5.32 Å². The van der Waals surface area contributed by atoms with Crippen molar-refractivity contribution in [3.63, 3.8) is 0 Å². The van der Waals surface area contributed by atoms with Crippen LogP contribution >= 0.6 is 11.6 Å². The van der Waals surface area contributed by atoms with E-state index in [1.54, 1.807) is 55.5 Å². The van der Waals surface area contributed by atoms with Gasteiger partial charge in [0.1, 0.15) is 6.04 Å². The van der Waals surface area contributed by atoms with E-state index in [1.807, 2.05) is 0 Å². The number of rotatable bonds is 5. The summed E-state index contributed by atoms with van der Waals surface area (Å²) in [6.45, 7) is 3.16. The number of carbonyl (C=O) groups is 2. The largest absolute Gasteiger partial charge is 0.324 e. The summed E-state index contributed by atoms with van der Waals surface area (Å²) < 4.78 is 0. The number of Topliss-reactive ketones (excluding diaryl/α,β-unsaturated/α-hetero) is 1. The average Bonchev–Trinajstić information content (AvgIpc) is 3.12. The summed E-state index contributed by atoms with van der Waals surface area (Å²) in [5.41, 5.74) is 1.93. The summed E-state index contributed by atoms with van der Waals surface area (Å²) in [7, 11) is 0. The standard InChI is InChI=1S/C18H16ClN5O2/c1-11(18(26)20-16-9-5-13(6-10-16)12(2)25)24-22-17(21-23-24)14-3-7-15(19)8-4-14/h3-11H,1-2H3,(H,20,26). The molecule has 0 fully saturated rings. The number of halogens is 1. The number of anilines is 1. The van der Waals surface area contributed by atoms with Gasteiger partial charge in [0.25, 0.3) is 5.91 Å². The fourth-order valence-corrected chi connectivity index (χ4v) is 2.37. The molecule has 3 rings (SSSR count). The molecular formula is C18H16ClN5O2. The van der Waals surface area contributed by atoms with Crippen molar-refractivity contribution in [2.45, 2.75) is 19.9 Å². The molecule has 0 aliphatic carbocycles. The molecule has 1 atom stereocenters. The summed E-state index contributed by atoms with van der Waals surface area (Å²) in [5.74, 6) is 0.0885. The predicted octanol–water partition coefficient (Wildman–Crippen LogP) is 3.40. The molecule has 0 aliphatic heterocycles. The molecule has 0 aliphatic rings. The molecular weight excluding hydrogens is 354 g/mol. The third-order valence-electron chi connectivity index (χ3n) is 3.82. The molecule has 7 nitrogen and oxygen atoms in total. The Labute approximate surface area is 155 Å². The Bertz CT molecular complexity index is 935. The number of hydrogen-bond acceptors (Lipinski definition) is 5. The van der Waals surface area contributed by atoms with Crippen LogP contribution in [0.15, 0.2) is 48.5 Å². The molecule has 26 heavy (non-hydrogen) atoms. The molecule has 1 aromatic heterocycles. The van der Waals surface area contributed by atoms with E-state index in [0.29, 0.717) is 22.1 Å². The minimum atomic E-state index is -0.656. The van der Waals surface area contributed by atoms with Gasteiger partial charge in [0.05, 0.1) is 0 Å². The van der Waals surface area contributed by atoms with E-state index in [0.717, 1.165) is 5.56 Å². The van der Waals surface area contributed by atoms with Gasteiger partial charge in [-0.15, -0.1) is 10.2 Å². The minimum Gasteiger partial charge on any atom is -0.324 e. The lowest BCUT2D eigenvalue weighted by Crippen LogP contribution is -2.25. The van der Waals surface area contributed by atoms with Crippen LogP contribution in [-0.2, 0) is 4.79 Å². The first-order chi connectivity index (χ1) is 12.4. The van der Waals surface area contributed by atoms with Crippen LogP contribution in [0.4, 0.5) is 5.69 Å². The van der Waals surface area contributed by atoms with Crippen LogP contribution in [0, 0.1) is 0 Å². The highest BCUT2D eigenvalue weighted by molar-refractivity contribution is 6.30. The molecule has 3 aromatic rings. The van der Waals surface area contributed by atoms with E-state index >= 15 is 0 Å². The first-order valence-electron chi connectivity index (χ1n) is 7.91. The van der Waals surface area contributed by atoms with Gasteiger partial charge in [-0.25, -0.2) is 0 Å². The van der Waals surface area contributed by atoms with Gasteiger partial charge in [-0.3, -0.25) is 9.59 Å². The third-order valence-corrected chi connectivity index (χ3v) is 4.07. The van der Waals surface area contributed by atoms with Gasteiger partial charge in [-0.1, -0.05) is 11.6 Å². The van der Waals surface area contributed by atoms with Gasteiger partial charge < -0.3 is 5.32 Å². The van der Waals surface area contributed by atoms with Crippen LogP contribution in [0.25, 0.3) is 11.4 Å². The lowest BCUT2D eigenvalue weighted by molar-refractivity contribution is -0.119. The highest BCUT2D eigenvalue weighted by atomic mass is 35.5. The highest BCUT2D eigenvalue weighted by Crippen LogP contribution is 2.18.